The van der Waals surface area contributed by atoms with Crippen molar-refractivity contribution in [3.05, 3.63) is 23.8 Å². The second kappa shape index (κ2) is 5.61. The number of aryl methyl sites for hydroxylation is 1. The Bertz CT molecular complexity index is 465. The largest absolute Gasteiger partial charge is 0.506 e. The van der Waals surface area contributed by atoms with E-state index in [9.17, 15) is 9.90 Å². The Morgan fingerprint density at radius 3 is 2.68 bits per heavy atom. The summed E-state index contributed by atoms with van der Waals surface area (Å²) < 4.78 is 0. The summed E-state index contributed by atoms with van der Waals surface area (Å²) in [5.74, 6) is -0.0966. The lowest BCUT2D eigenvalue weighted by molar-refractivity contribution is -0.122. The van der Waals surface area contributed by atoms with Crippen LogP contribution < -0.4 is 11.1 Å². The van der Waals surface area contributed by atoms with E-state index < -0.39 is 5.54 Å². The van der Waals surface area contributed by atoms with Crippen molar-refractivity contribution in [1.29, 1.82) is 0 Å². The number of anilines is 1. The topological polar surface area (TPSA) is 75.3 Å². The molecule has 0 spiro atoms. The van der Waals surface area contributed by atoms with Crippen molar-refractivity contribution in [3.8, 4) is 5.75 Å². The van der Waals surface area contributed by atoms with Crippen LogP contribution in [-0.4, -0.2) is 16.6 Å². The average molecular weight is 262 g/mol. The van der Waals surface area contributed by atoms with Gasteiger partial charge in [0.25, 0.3) is 0 Å². The Kier molecular flexibility index (Phi) is 4.10. The summed E-state index contributed by atoms with van der Waals surface area (Å²) in [6.07, 6.45) is 5.41. The molecule has 1 aromatic rings. The van der Waals surface area contributed by atoms with Crippen LogP contribution in [0.5, 0.6) is 5.75 Å². The number of phenolic OH excluding ortho intramolecular Hbond substituents is 1. The minimum atomic E-state index is -0.785. The summed E-state index contributed by atoms with van der Waals surface area (Å²) in [5, 5.41) is 12.6. The van der Waals surface area contributed by atoms with Gasteiger partial charge in [-0.25, -0.2) is 0 Å². The third kappa shape index (κ3) is 3.07. The van der Waals surface area contributed by atoms with E-state index in [2.05, 4.69) is 5.32 Å². The molecule has 1 aliphatic carbocycles. The monoisotopic (exact) mass is 262 g/mol. The summed E-state index contributed by atoms with van der Waals surface area (Å²) in [5.41, 5.74) is 6.92. The maximum atomic E-state index is 12.3. The predicted octanol–water partition coefficient (Wildman–Crippen LogP) is 2.55. The SMILES string of the molecule is CCc1ccc(O)c(NC(=O)C2(N)CCCCC2)c1. The van der Waals surface area contributed by atoms with Crippen LogP contribution in [0.15, 0.2) is 18.2 Å². The Morgan fingerprint density at radius 1 is 1.37 bits per heavy atom. The van der Waals surface area contributed by atoms with Gasteiger partial charge in [-0.15, -0.1) is 0 Å². The maximum Gasteiger partial charge on any atom is 0.244 e. The Morgan fingerprint density at radius 2 is 2.05 bits per heavy atom. The molecule has 4 N–H and O–H groups in total. The van der Waals surface area contributed by atoms with Crippen molar-refractivity contribution in [2.24, 2.45) is 5.73 Å². The molecule has 1 aromatic carbocycles. The molecule has 0 atom stereocenters. The molecule has 4 heteroatoms. The smallest absolute Gasteiger partial charge is 0.244 e. The van der Waals surface area contributed by atoms with Crippen molar-refractivity contribution in [2.75, 3.05) is 5.32 Å². The number of hydrogen-bond donors (Lipinski definition) is 3. The number of phenols is 1. The normalized spacial score (nSPS) is 18.0. The molecule has 0 bridgehead atoms. The number of carbonyl (C=O) groups excluding carboxylic acids is 1. The van der Waals surface area contributed by atoms with E-state index in [-0.39, 0.29) is 11.7 Å². The molecule has 0 aromatic heterocycles. The van der Waals surface area contributed by atoms with Gasteiger partial charge in [0.15, 0.2) is 0 Å². The summed E-state index contributed by atoms with van der Waals surface area (Å²) in [6, 6.07) is 5.27. The molecule has 1 aliphatic rings. The number of hydrogen-bond acceptors (Lipinski definition) is 3. The fourth-order valence-electron chi connectivity index (χ4n) is 2.56. The molecule has 104 valence electrons. The van der Waals surface area contributed by atoms with E-state index in [1.54, 1.807) is 12.1 Å². The standard InChI is InChI=1S/C15H22N2O2/c1-2-11-6-7-13(18)12(10-11)17-14(19)15(16)8-4-3-5-9-15/h6-7,10,18H,2-5,8-9,16H2,1H3,(H,17,19). The van der Waals surface area contributed by atoms with E-state index in [0.29, 0.717) is 18.5 Å². The maximum absolute atomic E-state index is 12.3. The number of carbonyl (C=O) groups is 1. The number of nitrogens with two attached hydrogens (primary N) is 1. The van der Waals surface area contributed by atoms with E-state index in [1.165, 1.54) is 0 Å². The fourth-order valence-corrected chi connectivity index (χ4v) is 2.56. The molecule has 19 heavy (non-hydrogen) atoms. The average Bonchev–Trinajstić information content (AvgIpc) is 2.42. The van der Waals surface area contributed by atoms with Gasteiger partial charge < -0.3 is 16.2 Å². The zero-order chi connectivity index (χ0) is 13.9. The van der Waals surface area contributed by atoms with E-state index in [4.69, 9.17) is 5.73 Å². The molecule has 4 nitrogen and oxygen atoms in total. The number of aromatic hydroxyl groups is 1. The highest BCUT2D eigenvalue weighted by Crippen LogP contribution is 2.30. The van der Waals surface area contributed by atoms with Gasteiger partial charge >= 0.3 is 0 Å². The van der Waals surface area contributed by atoms with Crippen molar-refractivity contribution in [2.45, 2.75) is 51.0 Å². The van der Waals surface area contributed by atoms with Crippen LogP contribution in [-0.2, 0) is 11.2 Å². The van der Waals surface area contributed by atoms with E-state index in [0.717, 1.165) is 31.2 Å². The van der Waals surface area contributed by atoms with Crippen molar-refractivity contribution < 1.29 is 9.90 Å². The second-order valence-electron chi connectivity index (χ2n) is 5.38. The van der Waals surface area contributed by atoms with Gasteiger partial charge in [0.2, 0.25) is 5.91 Å². The minimum absolute atomic E-state index is 0.0879. The molecular formula is C15H22N2O2. The Balaban J connectivity index is 2.14. The molecule has 0 unspecified atom stereocenters. The fraction of sp³-hybridized carbons (Fsp3) is 0.533. The van der Waals surface area contributed by atoms with Crippen molar-refractivity contribution >= 4 is 11.6 Å². The summed E-state index contributed by atoms with van der Waals surface area (Å²) in [6.45, 7) is 2.03. The molecule has 0 saturated heterocycles. The van der Waals surface area contributed by atoms with E-state index in [1.807, 2.05) is 13.0 Å². The summed E-state index contributed by atoms with van der Waals surface area (Å²) in [4.78, 5) is 12.3. The molecular weight excluding hydrogens is 240 g/mol. The zero-order valence-corrected chi connectivity index (χ0v) is 11.4. The Hall–Kier alpha value is -1.55. The Labute approximate surface area is 114 Å². The molecule has 1 fully saturated rings. The zero-order valence-electron chi connectivity index (χ0n) is 11.4. The molecule has 1 saturated carbocycles. The predicted molar refractivity (Wildman–Crippen MR) is 76.1 cm³/mol. The third-order valence-corrected chi connectivity index (χ3v) is 3.92. The van der Waals surface area contributed by atoms with Gasteiger partial charge in [-0.1, -0.05) is 32.3 Å². The van der Waals surface area contributed by atoms with Gasteiger partial charge in [-0.2, -0.15) is 0 Å². The number of benzene rings is 1. The first-order valence-electron chi connectivity index (χ1n) is 6.97. The first-order valence-corrected chi connectivity index (χ1v) is 6.97. The summed E-state index contributed by atoms with van der Waals surface area (Å²) in [7, 11) is 0. The lowest BCUT2D eigenvalue weighted by Gasteiger charge is -2.31. The molecule has 2 rings (SSSR count). The molecule has 0 aliphatic heterocycles. The molecule has 0 heterocycles. The highest BCUT2D eigenvalue weighted by molar-refractivity contribution is 5.99. The third-order valence-electron chi connectivity index (χ3n) is 3.92. The summed E-state index contributed by atoms with van der Waals surface area (Å²) >= 11 is 0. The lowest BCUT2D eigenvalue weighted by atomic mass is 9.82. The van der Waals surface area contributed by atoms with Crippen molar-refractivity contribution in [1.82, 2.24) is 0 Å². The van der Waals surface area contributed by atoms with Crippen LogP contribution in [0.4, 0.5) is 5.69 Å². The molecule has 1 amide bonds. The number of rotatable bonds is 3. The van der Waals surface area contributed by atoms with Crippen LogP contribution in [0.3, 0.4) is 0 Å². The lowest BCUT2D eigenvalue weighted by Crippen LogP contribution is -2.52. The van der Waals surface area contributed by atoms with Crippen molar-refractivity contribution in [3.63, 3.8) is 0 Å². The van der Waals surface area contributed by atoms with Gasteiger partial charge in [-0.05, 0) is 37.0 Å². The van der Waals surface area contributed by atoms with Gasteiger partial charge in [0.05, 0.1) is 11.2 Å². The quantitative estimate of drug-likeness (QED) is 0.733. The minimum Gasteiger partial charge on any atom is -0.506 e. The van der Waals surface area contributed by atoms with Crippen LogP contribution in [0.25, 0.3) is 0 Å². The van der Waals surface area contributed by atoms with Gasteiger partial charge in [0, 0.05) is 0 Å². The highest BCUT2D eigenvalue weighted by Gasteiger charge is 2.35. The van der Waals surface area contributed by atoms with Crippen LogP contribution in [0, 0.1) is 0 Å². The molecule has 0 radical (unpaired) electrons. The second-order valence-corrected chi connectivity index (χ2v) is 5.38. The van der Waals surface area contributed by atoms with Crippen LogP contribution in [0.1, 0.15) is 44.6 Å². The van der Waals surface area contributed by atoms with Crippen LogP contribution >= 0.6 is 0 Å². The number of nitrogens with one attached hydrogen (secondary N) is 1. The van der Waals surface area contributed by atoms with E-state index >= 15 is 0 Å². The van der Waals surface area contributed by atoms with Crippen LogP contribution in [0.2, 0.25) is 0 Å². The van der Waals surface area contributed by atoms with Gasteiger partial charge in [0.1, 0.15) is 5.75 Å². The first kappa shape index (κ1) is 13.9. The van der Waals surface area contributed by atoms with Gasteiger partial charge in [-0.3, -0.25) is 4.79 Å². The first-order chi connectivity index (χ1) is 9.05. The number of amides is 1. The highest BCUT2D eigenvalue weighted by atomic mass is 16.3.